The lowest BCUT2D eigenvalue weighted by molar-refractivity contribution is 0.0924. The Bertz CT molecular complexity index is 876. The van der Waals surface area contributed by atoms with E-state index in [0.29, 0.717) is 28.6 Å². The molecule has 2 heterocycles. The number of halogens is 1. The van der Waals surface area contributed by atoms with Crippen LogP contribution in [-0.2, 0) is 13.2 Å². The van der Waals surface area contributed by atoms with Gasteiger partial charge in [0.25, 0.3) is 5.91 Å². The summed E-state index contributed by atoms with van der Waals surface area (Å²) >= 11 is 6.09. The molecule has 0 aliphatic rings. The number of aromatic nitrogens is 3. The van der Waals surface area contributed by atoms with Crippen LogP contribution in [-0.4, -0.2) is 26.9 Å². The van der Waals surface area contributed by atoms with E-state index in [4.69, 9.17) is 20.9 Å². The van der Waals surface area contributed by atoms with E-state index in [0.717, 1.165) is 0 Å². The molecule has 0 saturated heterocycles. The number of aryl methyl sites for hydroxylation is 1. The molecule has 0 aliphatic heterocycles. The van der Waals surface area contributed by atoms with Crippen molar-refractivity contribution in [1.82, 2.24) is 20.3 Å². The average Bonchev–Trinajstić information content (AvgIpc) is 3.24. The van der Waals surface area contributed by atoms with Crippen molar-refractivity contribution in [2.75, 3.05) is 0 Å². The number of nitrogens with zero attached hydrogens (tertiary/aromatic N) is 3. The molecule has 7 nitrogen and oxygen atoms in total. The van der Waals surface area contributed by atoms with E-state index in [1.165, 1.54) is 0 Å². The maximum atomic E-state index is 12.6. The van der Waals surface area contributed by atoms with Crippen molar-refractivity contribution in [2.24, 2.45) is 0 Å². The molecule has 3 rings (SSSR count). The van der Waals surface area contributed by atoms with Crippen LogP contribution >= 0.6 is 11.6 Å². The van der Waals surface area contributed by atoms with Gasteiger partial charge in [0, 0.05) is 18.4 Å². The number of amides is 1. The van der Waals surface area contributed by atoms with Gasteiger partial charge in [-0.05, 0) is 32.0 Å². The van der Waals surface area contributed by atoms with Gasteiger partial charge in [-0.15, -0.1) is 0 Å². The SMILES string of the molecule is Cc1onc(C(=O)NC(C)Cn2cccn2)c1COc1ccccc1Cl. The van der Waals surface area contributed by atoms with Crippen LogP contribution in [0, 0.1) is 6.92 Å². The first kappa shape index (κ1) is 18.0. The number of para-hydroxylation sites is 1. The number of rotatable bonds is 7. The number of carbonyl (C=O) groups is 1. The standard InChI is InChI=1S/C18H19ClN4O3/c1-12(10-23-9-5-8-20-23)21-18(24)17-14(13(2)26-22-17)11-25-16-7-4-3-6-15(16)19/h3-9,12H,10-11H2,1-2H3,(H,21,24). The molecule has 136 valence electrons. The molecule has 1 aromatic carbocycles. The van der Waals surface area contributed by atoms with Crippen molar-refractivity contribution >= 4 is 17.5 Å². The van der Waals surface area contributed by atoms with Gasteiger partial charge in [0.1, 0.15) is 18.1 Å². The lowest BCUT2D eigenvalue weighted by atomic mass is 10.2. The third-order valence-electron chi connectivity index (χ3n) is 3.81. The molecule has 3 aromatic rings. The average molecular weight is 375 g/mol. The minimum atomic E-state index is -0.320. The molecule has 0 fully saturated rings. The molecule has 8 heteroatoms. The van der Waals surface area contributed by atoms with Crippen LogP contribution in [0.3, 0.4) is 0 Å². The van der Waals surface area contributed by atoms with Crippen LogP contribution in [0.25, 0.3) is 0 Å². The molecular formula is C18H19ClN4O3. The number of benzene rings is 1. The van der Waals surface area contributed by atoms with E-state index < -0.39 is 0 Å². The Hall–Kier alpha value is -2.80. The highest BCUT2D eigenvalue weighted by atomic mass is 35.5. The van der Waals surface area contributed by atoms with Gasteiger partial charge in [0.2, 0.25) is 0 Å². The van der Waals surface area contributed by atoms with Gasteiger partial charge >= 0.3 is 0 Å². The van der Waals surface area contributed by atoms with Crippen molar-refractivity contribution in [2.45, 2.75) is 33.0 Å². The molecular weight excluding hydrogens is 356 g/mol. The van der Waals surface area contributed by atoms with E-state index >= 15 is 0 Å². The van der Waals surface area contributed by atoms with Gasteiger partial charge in [0.05, 0.1) is 17.1 Å². The van der Waals surface area contributed by atoms with Crippen molar-refractivity contribution in [3.63, 3.8) is 0 Å². The Morgan fingerprint density at radius 2 is 2.19 bits per heavy atom. The van der Waals surface area contributed by atoms with E-state index in [-0.39, 0.29) is 24.2 Å². The van der Waals surface area contributed by atoms with Crippen LogP contribution in [0.2, 0.25) is 5.02 Å². The fraction of sp³-hybridized carbons (Fsp3) is 0.278. The highest BCUT2D eigenvalue weighted by Crippen LogP contribution is 2.25. The summed E-state index contributed by atoms with van der Waals surface area (Å²) in [6.45, 7) is 4.32. The highest BCUT2D eigenvalue weighted by Gasteiger charge is 2.22. The van der Waals surface area contributed by atoms with Crippen molar-refractivity contribution < 1.29 is 14.1 Å². The molecule has 1 amide bonds. The van der Waals surface area contributed by atoms with Crippen LogP contribution in [0.4, 0.5) is 0 Å². The summed E-state index contributed by atoms with van der Waals surface area (Å²) in [5, 5.41) is 11.4. The molecule has 26 heavy (non-hydrogen) atoms. The Kier molecular flexibility index (Phi) is 5.58. The largest absolute Gasteiger partial charge is 0.487 e. The predicted molar refractivity (Wildman–Crippen MR) is 96.2 cm³/mol. The minimum absolute atomic E-state index is 0.128. The molecule has 0 radical (unpaired) electrons. The lowest BCUT2D eigenvalue weighted by Gasteiger charge is -2.13. The predicted octanol–water partition coefficient (Wildman–Crippen LogP) is 3.23. The number of ether oxygens (including phenoxy) is 1. The van der Waals surface area contributed by atoms with E-state index in [1.807, 2.05) is 31.3 Å². The van der Waals surface area contributed by atoms with Gasteiger partial charge in [-0.3, -0.25) is 9.48 Å². The van der Waals surface area contributed by atoms with Gasteiger partial charge in [-0.2, -0.15) is 5.10 Å². The Morgan fingerprint density at radius 3 is 2.92 bits per heavy atom. The molecule has 1 atom stereocenters. The van der Waals surface area contributed by atoms with Crippen LogP contribution in [0.15, 0.2) is 47.2 Å². The summed E-state index contributed by atoms with van der Waals surface area (Å²) in [6.07, 6.45) is 3.53. The summed E-state index contributed by atoms with van der Waals surface area (Å²) in [6, 6.07) is 8.85. The second kappa shape index (κ2) is 8.05. The molecule has 2 aromatic heterocycles. The smallest absolute Gasteiger partial charge is 0.274 e. The third-order valence-corrected chi connectivity index (χ3v) is 4.12. The Balaban J connectivity index is 1.66. The number of carbonyl (C=O) groups excluding carboxylic acids is 1. The second-order valence-electron chi connectivity index (χ2n) is 5.89. The van der Waals surface area contributed by atoms with Gasteiger partial charge in [0.15, 0.2) is 5.69 Å². The van der Waals surface area contributed by atoms with E-state index in [9.17, 15) is 4.79 Å². The van der Waals surface area contributed by atoms with Gasteiger partial charge in [-0.25, -0.2) is 0 Å². The lowest BCUT2D eigenvalue weighted by Crippen LogP contribution is -2.36. The zero-order chi connectivity index (χ0) is 18.5. The third kappa shape index (κ3) is 4.23. The highest BCUT2D eigenvalue weighted by molar-refractivity contribution is 6.32. The zero-order valence-corrected chi connectivity index (χ0v) is 15.2. The van der Waals surface area contributed by atoms with E-state index in [1.54, 1.807) is 29.9 Å². The first-order chi connectivity index (χ1) is 12.5. The molecule has 0 bridgehead atoms. The number of hydrogen-bond acceptors (Lipinski definition) is 5. The summed E-state index contributed by atoms with van der Waals surface area (Å²) in [7, 11) is 0. The normalized spacial score (nSPS) is 12.0. The first-order valence-corrected chi connectivity index (χ1v) is 8.53. The monoisotopic (exact) mass is 374 g/mol. The maximum Gasteiger partial charge on any atom is 0.274 e. The van der Waals surface area contributed by atoms with Crippen molar-refractivity contribution in [3.05, 3.63) is 64.8 Å². The molecule has 0 aliphatic carbocycles. The second-order valence-corrected chi connectivity index (χ2v) is 6.29. The van der Waals surface area contributed by atoms with Gasteiger partial charge < -0.3 is 14.6 Å². The molecule has 1 N–H and O–H groups in total. The van der Waals surface area contributed by atoms with Crippen LogP contribution in [0.1, 0.15) is 28.7 Å². The maximum absolute atomic E-state index is 12.6. The molecule has 0 saturated carbocycles. The van der Waals surface area contributed by atoms with E-state index in [2.05, 4.69) is 15.6 Å². The molecule has 0 spiro atoms. The zero-order valence-electron chi connectivity index (χ0n) is 14.5. The first-order valence-electron chi connectivity index (χ1n) is 8.15. The Morgan fingerprint density at radius 1 is 1.38 bits per heavy atom. The molecule has 1 unspecified atom stereocenters. The minimum Gasteiger partial charge on any atom is -0.487 e. The summed E-state index contributed by atoms with van der Waals surface area (Å²) in [4.78, 5) is 12.6. The summed E-state index contributed by atoms with van der Waals surface area (Å²) in [5.74, 6) is 0.745. The van der Waals surface area contributed by atoms with Gasteiger partial charge in [-0.1, -0.05) is 28.9 Å². The van der Waals surface area contributed by atoms with Crippen LogP contribution < -0.4 is 10.1 Å². The Labute approximate surface area is 155 Å². The topological polar surface area (TPSA) is 82.2 Å². The number of hydrogen-bond donors (Lipinski definition) is 1. The fourth-order valence-electron chi connectivity index (χ4n) is 2.48. The summed E-state index contributed by atoms with van der Waals surface area (Å²) < 4.78 is 12.6. The van der Waals surface area contributed by atoms with Crippen molar-refractivity contribution in [3.8, 4) is 5.75 Å². The number of nitrogens with one attached hydrogen (secondary N) is 1. The van der Waals surface area contributed by atoms with Crippen molar-refractivity contribution in [1.29, 1.82) is 0 Å². The fourth-order valence-corrected chi connectivity index (χ4v) is 2.67. The van der Waals surface area contributed by atoms with Crippen LogP contribution in [0.5, 0.6) is 5.75 Å². The summed E-state index contributed by atoms with van der Waals surface area (Å²) in [5.41, 5.74) is 0.801. The quantitative estimate of drug-likeness (QED) is 0.686.